The van der Waals surface area contributed by atoms with Gasteiger partial charge in [-0.3, -0.25) is 0 Å². The Balaban J connectivity index is 1.58. The summed E-state index contributed by atoms with van der Waals surface area (Å²) < 4.78 is 7.19. The molecule has 0 spiro atoms. The highest BCUT2D eigenvalue weighted by Gasteiger charge is 2.22. The minimum atomic E-state index is 0.194. The van der Waals surface area contributed by atoms with E-state index in [1.807, 2.05) is 25.3 Å². The third-order valence-corrected chi connectivity index (χ3v) is 5.22. The molecule has 3 heterocycles. The van der Waals surface area contributed by atoms with E-state index in [9.17, 15) is 0 Å². The fourth-order valence-electron chi connectivity index (χ4n) is 3.66. The number of rotatable bonds is 4. The fraction of sp³-hybridized carbons (Fsp3) is 0.579. The third-order valence-electron chi connectivity index (χ3n) is 5.22. The van der Waals surface area contributed by atoms with Gasteiger partial charge in [0.2, 0.25) is 0 Å². The van der Waals surface area contributed by atoms with E-state index in [1.54, 1.807) is 4.68 Å². The van der Waals surface area contributed by atoms with E-state index in [0.29, 0.717) is 25.2 Å². The lowest BCUT2D eigenvalue weighted by Crippen LogP contribution is -2.37. The van der Waals surface area contributed by atoms with Gasteiger partial charge in [0, 0.05) is 37.3 Å². The van der Waals surface area contributed by atoms with E-state index in [-0.39, 0.29) is 5.92 Å². The van der Waals surface area contributed by atoms with Crippen molar-refractivity contribution in [2.24, 2.45) is 5.92 Å². The summed E-state index contributed by atoms with van der Waals surface area (Å²) in [5, 5.41) is 17.1. The standard InChI is InChI=1S/C19H25N7O/c1-14-6-7-26(24-14)19-22-17(21-16-4-2-15(13-20)3-5-16)12-18(23-19)25-8-10-27-11-9-25/h6-7,12,15-16H,2-5,8-11H2,1H3,(H,21,22,23). The Bertz CT molecular complexity index is 814. The first-order chi connectivity index (χ1) is 13.2. The van der Waals surface area contributed by atoms with Gasteiger partial charge in [-0.15, -0.1) is 0 Å². The fourth-order valence-corrected chi connectivity index (χ4v) is 3.66. The van der Waals surface area contributed by atoms with Crippen LogP contribution in [-0.2, 0) is 4.74 Å². The van der Waals surface area contributed by atoms with E-state index in [4.69, 9.17) is 20.0 Å². The minimum Gasteiger partial charge on any atom is -0.378 e. The van der Waals surface area contributed by atoms with Crippen molar-refractivity contribution < 1.29 is 4.74 Å². The van der Waals surface area contributed by atoms with E-state index in [2.05, 4.69) is 21.4 Å². The molecule has 27 heavy (non-hydrogen) atoms. The molecule has 1 aliphatic carbocycles. The molecule has 8 heteroatoms. The lowest BCUT2D eigenvalue weighted by Gasteiger charge is -2.29. The number of hydrogen-bond donors (Lipinski definition) is 1. The highest BCUT2D eigenvalue weighted by Crippen LogP contribution is 2.27. The topological polar surface area (TPSA) is 91.9 Å². The highest BCUT2D eigenvalue weighted by molar-refractivity contribution is 5.52. The minimum absolute atomic E-state index is 0.194. The van der Waals surface area contributed by atoms with Crippen molar-refractivity contribution in [3.05, 3.63) is 24.0 Å². The summed E-state index contributed by atoms with van der Waals surface area (Å²) in [5.74, 6) is 2.47. The normalized spacial score (nSPS) is 23.0. The van der Waals surface area contributed by atoms with Gasteiger partial charge in [0.05, 0.1) is 25.0 Å². The van der Waals surface area contributed by atoms with Gasteiger partial charge in [-0.05, 0) is 38.7 Å². The second-order valence-electron chi connectivity index (χ2n) is 7.23. The number of nitrogens with zero attached hydrogens (tertiary/aromatic N) is 6. The number of nitrogens with one attached hydrogen (secondary N) is 1. The van der Waals surface area contributed by atoms with Crippen LogP contribution < -0.4 is 10.2 Å². The van der Waals surface area contributed by atoms with Gasteiger partial charge in [-0.25, -0.2) is 4.68 Å². The van der Waals surface area contributed by atoms with Crippen LogP contribution in [0.15, 0.2) is 18.3 Å². The molecule has 0 unspecified atom stereocenters. The molecule has 4 rings (SSSR count). The molecule has 2 fully saturated rings. The maximum atomic E-state index is 9.10. The number of morpholine rings is 1. The molecule has 8 nitrogen and oxygen atoms in total. The van der Waals surface area contributed by atoms with E-state index >= 15 is 0 Å². The SMILES string of the molecule is Cc1ccn(-c2nc(NC3CCC(C#N)CC3)cc(N3CCOCC3)n2)n1. The van der Waals surface area contributed by atoms with Gasteiger partial charge in [0.15, 0.2) is 0 Å². The molecule has 0 atom stereocenters. The molecule has 1 N–H and O–H groups in total. The van der Waals surface area contributed by atoms with Crippen molar-refractivity contribution in [1.29, 1.82) is 5.26 Å². The van der Waals surface area contributed by atoms with Crippen LogP contribution in [0.5, 0.6) is 0 Å². The smallest absolute Gasteiger partial charge is 0.254 e. The zero-order valence-electron chi connectivity index (χ0n) is 15.6. The largest absolute Gasteiger partial charge is 0.378 e. The zero-order valence-corrected chi connectivity index (χ0v) is 15.6. The zero-order chi connectivity index (χ0) is 18.6. The van der Waals surface area contributed by atoms with Crippen molar-refractivity contribution >= 4 is 11.6 Å². The Kier molecular flexibility index (Phi) is 5.21. The Morgan fingerprint density at radius 1 is 1.19 bits per heavy atom. The molecule has 0 amide bonds. The Morgan fingerprint density at radius 2 is 1.96 bits per heavy atom. The van der Waals surface area contributed by atoms with Gasteiger partial charge in [0.1, 0.15) is 11.6 Å². The molecule has 2 aromatic rings. The van der Waals surface area contributed by atoms with Gasteiger partial charge < -0.3 is 15.0 Å². The van der Waals surface area contributed by atoms with Crippen LogP contribution >= 0.6 is 0 Å². The summed E-state index contributed by atoms with van der Waals surface area (Å²) in [7, 11) is 0. The van der Waals surface area contributed by atoms with Crippen LogP contribution in [-0.4, -0.2) is 52.1 Å². The van der Waals surface area contributed by atoms with Gasteiger partial charge >= 0.3 is 0 Å². The van der Waals surface area contributed by atoms with Crippen molar-refractivity contribution in [3.8, 4) is 12.0 Å². The maximum Gasteiger partial charge on any atom is 0.254 e. The lowest BCUT2D eigenvalue weighted by atomic mass is 9.87. The lowest BCUT2D eigenvalue weighted by molar-refractivity contribution is 0.122. The van der Waals surface area contributed by atoms with Crippen molar-refractivity contribution in [1.82, 2.24) is 19.7 Å². The number of anilines is 2. The molecule has 0 aromatic carbocycles. The predicted molar refractivity (Wildman–Crippen MR) is 102 cm³/mol. The average Bonchev–Trinajstić information content (AvgIpc) is 3.15. The predicted octanol–water partition coefficient (Wildman–Crippen LogP) is 2.30. The van der Waals surface area contributed by atoms with Crippen LogP contribution in [0, 0.1) is 24.2 Å². The van der Waals surface area contributed by atoms with Crippen LogP contribution in [0.2, 0.25) is 0 Å². The first kappa shape index (κ1) is 17.7. The second-order valence-corrected chi connectivity index (χ2v) is 7.23. The van der Waals surface area contributed by atoms with Gasteiger partial charge in [-0.2, -0.15) is 20.3 Å². The second kappa shape index (κ2) is 7.92. The molecule has 142 valence electrons. The third kappa shape index (κ3) is 4.19. The Morgan fingerprint density at radius 3 is 2.63 bits per heavy atom. The van der Waals surface area contributed by atoms with Crippen molar-refractivity contribution in [2.45, 2.75) is 38.6 Å². The van der Waals surface area contributed by atoms with Gasteiger partial charge in [-0.1, -0.05) is 0 Å². The average molecular weight is 367 g/mol. The number of ether oxygens (including phenoxy) is 1. The summed E-state index contributed by atoms with van der Waals surface area (Å²) in [6, 6.07) is 6.69. The van der Waals surface area contributed by atoms with E-state index in [0.717, 1.165) is 56.1 Å². The number of aromatic nitrogens is 4. The first-order valence-electron chi connectivity index (χ1n) is 9.62. The summed E-state index contributed by atoms with van der Waals surface area (Å²) in [5.41, 5.74) is 0.930. The van der Waals surface area contributed by atoms with Crippen LogP contribution in [0.1, 0.15) is 31.4 Å². The number of aryl methyl sites for hydroxylation is 1. The number of nitriles is 1. The summed E-state index contributed by atoms with van der Waals surface area (Å²) in [6.07, 6.45) is 5.76. The molecule has 2 aromatic heterocycles. The highest BCUT2D eigenvalue weighted by atomic mass is 16.5. The molecule has 0 radical (unpaired) electrons. The Labute approximate surface area is 159 Å². The monoisotopic (exact) mass is 367 g/mol. The first-order valence-corrected chi connectivity index (χ1v) is 9.62. The quantitative estimate of drug-likeness (QED) is 0.886. The summed E-state index contributed by atoms with van der Waals surface area (Å²) in [4.78, 5) is 11.7. The molecular weight excluding hydrogens is 342 g/mol. The maximum absolute atomic E-state index is 9.10. The van der Waals surface area contributed by atoms with Crippen LogP contribution in [0.4, 0.5) is 11.6 Å². The van der Waals surface area contributed by atoms with Crippen LogP contribution in [0.3, 0.4) is 0 Å². The van der Waals surface area contributed by atoms with Crippen molar-refractivity contribution in [2.75, 3.05) is 36.5 Å². The van der Waals surface area contributed by atoms with Crippen LogP contribution in [0.25, 0.3) is 5.95 Å². The molecule has 1 aliphatic heterocycles. The molecule has 0 bridgehead atoms. The molecular formula is C19H25N7O. The van der Waals surface area contributed by atoms with E-state index < -0.39 is 0 Å². The van der Waals surface area contributed by atoms with E-state index in [1.165, 1.54) is 0 Å². The Hall–Kier alpha value is -2.66. The summed E-state index contributed by atoms with van der Waals surface area (Å²) in [6.45, 7) is 5.01. The molecule has 2 aliphatic rings. The molecule has 1 saturated carbocycles. The summed E-state index contributed by atoms with van der Waals surface area (Å²) >= 11 is 0. The van der Waals surface area contributed by atoms with Gasteiger partial charge in [0.25, 0.3) is 5.95 Å². The van der Waals surface area contributed by atoms with Crippen molar-refractivity contribution in [3.63, 3.8) is 0 Å². The number of hydrogen-bond acceptors (Lipinski definition) is 7. The molecule has 1 saturated heterocycles.